The van der Waals surface area contributed by atoms with Crippen LogP contribution in [0, 0.1) is 0 Å². The summed E-state index contributed by atoms with van der Waals surface area (Å²) in [6, 6.07) is 7.97. The molecule has 1 saturated carbocycles. The summed E-state index contributed by atoms with van der Waals surface area (Å²) in [6.45, 7) is 0. The van der Waals surface area contributed by atoms with E-state index in [1.807, 2.05) is 12.1 Å². The fourth-order valence-electron chi connectivity index (χ4n) is 2.30. The average Bonchev–Trinajstić information content (AvgIpc) is 2.30. The van der Waals surface area contributed by atoms with Crippen molar-refractivity contribution in [1.82, 2.24) is 0 Å². The van der Waals surface area contributed by atoms with Gasteiger partial charge in [-0.2, -0.15) is 0 Å². The fourth-order valence-corrected chi connectivity index (χ4v) is 3.02. The summed E-state index contributed by atoms with van der Waals surface area (Å²) in [5.41, 5.74) is 1.38. The van der Waals surface area contributed by atoms with Gasteiger partial charge < -0.3 is 0 Å². The van der Waals surface area contributed by atoms with E-state index in [9.17, 15) is 4.57 Å². The Morgan fingerprint density at radius 1 is 1.07 bits per heavy atom. The summed E-state index contributed by atoms with van der Waals surface area (Å²) < 4.78 is 11.0. The van der Waals surface area contributed by atoms with E-state index in [4.69, 9.17) is 11.2 Å². The van der Waals surface area contributed by atoms with Crippen LogP contribution in [-0.4, -0.2) is 0 Å². The maximum absolute atomic E-state index is 11.0. The molecular weight excluding hydrogens is 227 g/mol. The zero-order valence-electron chi connectivity index (χ0n) is 8.66. The molecule has 2 rings (SSSR count). The zero-order chi connectivity index (χ0) is 10.7. The molecule has 1 aliphatic rings. The van der Waals surface area contributed by atoms with Crippen LogP contribution < -0.4 is 5.30 Å². The molecule has 0 aromatic heterocycles. The maximum Gasteiger partial charge on any atom is 0.494 e. The van der Waals surface area contributed by atoms with Crippen molar-refractivity contribution >= 4 is 23.7 Å². The lowest BCUT2D eigenvalue weighted by atomic mass is 9.84. The summed E-state index contributed by atoms with van der Waals surface area (Å²) in [5.74, 6) is 0.709. The van der Waals surface area contributed by atoms with Crippen LogP contribution in [0.2, 0.25) is 0 Å². The molecule has 0 amide bonds. The quantitative estimate of drug-likeness (QED) is 0.704. The van der Waals surface area contributed by atoms with Gasteiger partial charge in [0, 0.05) is 0 Å². The van der Waals surface area contributed by atoms with Gasteiger partial charge in [-0.3, -0.25) is 0 Å². The predicted molar refractivity (Wildman–Crippen MR) is 65.4 cm³/mol. The third-order valence-electron chi connectivity index (χ3n) is 3.17. The largest absolute Gasteiger partial charge is 0.494 e. The molecule has 3 heteroatoms. The molecule has 0 saturated heterocycles. The van der Waals surface area contributed by atoms with Gasteiger partial charge in [-0.15, -0.1) is 0 Å². The van der Waals surface area contributed by atoms with Gasteiger partial charge in [0.2, 0.25) is 16.5 Å². The molecule has 1 fully saturated rings. The Morgan fingerprint density at radius 3 is 2.20 bits per heavy atom. The number of halogens is 1. The molecule has 1 aliphatic carbocycles. The van der Waals surface area contributed by atoms with Crippen molar-refractivity contribution < 1.29 is 4.57 Å². The van der Waals surface area contributed by atoms with E-state index in [1.54, 1.807) is 0 Å². The van der Waals surface area contributed by atoms with Crippen molar-refractivity contribution in [2.75, 3.05) is 0 Å². The second kappa shape index (κ2) is 5.09. The highest BCUT2D eigenvalue weighted by molar-refractivity contribution is 7.80. The Kier molecular flexibility index (Phi) is 3.77. The van der Waals surface area contributed by atoms with Crippen molar-refractivity contribution in [2.45, 2.75) is 38.0 Å². The molecule has 0 aliphatic heterocycles. The van der Waals surface area contributed by atoms with Gasteiger partial charge in [0.1, 0.15) is 0 Å². The van der Waals surface area contributed by atoms with Gasteiger partial charge in [0.25, 0.3) is 0 Å². The van der Waals surface area contributed by atoms with Crippen LogP contribution in [0.1, 0.15) is 43.6 Å². The second-order valence-corrected chi connectivity index (χ2v) is 6.10. The first-order valence-electron chi connectivity index (χ1n) is 5.50. The highest BCUT2D eigenvalue weighted by atomic mass is 35.7. The average molecular weight is 242 g/mol. The first kappa shape index (κ1) is 11.1. The van der Waals surface area contributed by atoms with Crippen molar-refractivity contribution in [1.29, 1.82) is 0 Å². The first-order chi connectivity index (χ1) is 7.27. The minimum atomic E-state index is -1.70. The SMILES string of the molecule is O=[P+](Cl)c1ccc(C2CCCCC2)cc1. The van der Waals surface area contributed by atoms with E-state index < -0.39 is 7.15 Å². The van der Waals surface area contributed by atoms with Crippen LogP contribution in [-0.2, 0) is 4.57 Å². The van der Waals surface area contributed by atoms with Gasteiger partial charge in [0.05, 0.1) is 0 Å². The monoisotopic (exact) mass is 241 g/mol. The molecular formula is C12H15ClOP+. The number of benzene rings is 1. The van der Waals surface area contributed by atoms with E-state index >= 15 is 0 Å². The lowest BCUT2D eigenvalue weighted by molar-refractivity contribution is 0.443. The van der Waals surface area contributed by atoms with Crippen molar-refractivity contribution in [2.24, 2.45) is 0 Å². The molecule has 0 spiro atoms. The normalized spacial score (nSPS) is 18.9. The molecule has 0 bridgehead atoms. The standard InChI is InChI=1S/C12H15ClOP/c13-15(14)12-8-6-11(7-9-12)10-4-2-1-3-5-10/h6-10H,1-5H2/q+1. The Bertz CT molecular complexity index is 341. The molecule has 1 atom stereocenters. The lowest BCUT2D eigenvalue weighted by Gasteiger charge is -2.21. The van der Waals surface area contributed by atoms with Crippen molar-refractivity contribution in [3.05, 3.63) is 29.8 Å². The Morgan fingerprint density at radius 2 is 1.67 bits per heavy atom. The smallest absolute Gasteiger partial charge is 0.0542 e. The third kappa shape index (κ3) is 2.80. The molecule has 0 N–H and O–H groups in total. The van der Waals surface area contributed by atoms with Gasteiger partial charge >= 0.3 is 7.15 Å². The molecule has 15 heavy (non-hydrogen) atoms. The molecule has 1 aromatic rings. The second-order valence-electron chi connectivity index (χ2n) is 4.17. The first-order valence-corrected chi connectivity index (χ1v) is 7.67. The third-order valence-corrected chi connectivity index (χ3v) is 4.46. The topological polar surface area (TPSA) is 17.1 Å². The Balaban J connectivity index is 2.11. The lowest BCUT2D eigenvalue weighted by Crippen LogP contribution is -2.05. The van der Waals surface area contributed by atoms with Crippen molar-refractivity contribution in [3.63, 3.8) is 0 Å². The van der Waals surface area contributed by atoms with Crippen LogP contribution in [0.5, 0.6) is 0 Å². The fraction of sp³-hybridized carbons (Fsp3) is 0.500. The highest BCUT2D eigenvalue weighted by Crippen LogP contribution is 2.33. The molecule has 1 nitrogen and oxygen atoms in total. The molecule has 0 radical (unpaired) electrons. The number of hydrogen-bond donors (Lipinski definition) is 0. The summed E-state index contributed by atoms with van der Waals surface area (Å²) >= 11 is 5.55. The van der Waals surface area contributed by atoms with E-state index in [1.165, 1.54) is 37.7 Å². The Labute approximate surface area is 96.4 Å². The van der Waals surface area contributed by atoms with E-state index in [-0.39, 0.29) is 0 Å². The van der Waals surface area contributed by atoms with Gasteiger partial charge in [-0.25, -0.2) is 0 Å². The number of rotatable bonds is 2. The molecule has 1 aromatic carbocycles. The van der Waals surface area contributed by atoms with Gasteiger partial charge in [0.15, 0.2) is 0 Å². The van der Waals surface area contributed by atoms with Crippen molar-refractivity contribution in [3.8, 4) is 0 Å². The minimum Gasteiger partial charge on any atom is -0.0542 e. The molecule has 0 heterocycles. The van der Waals surface area contributed by atoms with Crippen LogP contribution in [0.4, 0.5) is 0 Å². The van der Waals surface area contributed by atoms with E-state index in [2.05, 4.69) is 12.1 Å². The number of hydrogen-bond acceptors (Lipinski definition) is 1. The van der Waals surface area contributed by atoms with Crippen LogP contribution in [0.15, 0.2) is 24.3 Å². The summed E-state index contributed by atoms with van der Waals surface area (Å²) in [7, 11) is -1.70. The van der Waals surface area contributed by atoms with E-state index in [0.29, 0.717) is 5.92 Å². The van der Waals surface area contributed by atoms with Gasteiger partial charge in [-0.1, -0.05) is 31.4 Å². The summed E-state index contributed by atoms with van der Waals surface area (Å²) in [4.78, 5) is 0. The minimum absolute atomic E-state index is 0.709. The maximum atomic E-state index is 11.0. The van der Waals surface area contributed by atoms with E-state index in [0.717, 1.165) is 5.30 Å². The molecule has 80 valence electrons. The highest BCUT2D eigenvalue weighted by Gasteiger charge is 2.19. The van der Waals surface area contributed by atoms with Crippen LogP contribution in [0.25, 0.3) is 0 Å². The summed E-state index contributed by atoms with van der Waals surface area (Å²) in [6.07, 6.45) is 6.66. The predicted octanol–water partition coefficient (Wildman–Crippen LogP) is 4.34. The van der Waals surface area contributed by atoms with Gasteiger partial charge in [-0.05, 0) is 41.0 Å². The molecule has 1 unspecified atom stereocenters. The Hall–Kier alpha value is -0.390. The van der Waals surface area contributed by atoms with Crippen LogP contribution in [0.3, 0.4) is 0 Å². The zero-order valence-corrected chi connectivity index (χ0v) is 10.3. The van der Waals surface area contributed by atoms with Crippen LogP contribution >= 0.6 is 18.4 Å². The summed E-state index contributed by atoms with van der Waals surface area (Å²) in [5, 5.41) is 0.742.